The predicted octanol–water partition coefficient (Wildman–Crippen LogP) is 2.64. The Bertz CT molecular complexity index is 540. The van der Waals surface area contributed by atoms with E-state index in [1.54, 1.807) is 4.90 Å². The van der Waals surface area contributed by atoms with Gasteiger partial charge in [-0.05, 0) is 49.9 Å². The van der Waals surface area contributed by atoms with Gasteiger partial charge in [-0.2, -0.15) is 0 Å². The van der Waals surface area contributed by atoms with E-state index in [2.05, 4.69) is 53.4 Å². The Balaban J connectivity index is 1.69. The van der Waals surface area contributed by atoms with Gasteiger partial charge >= 0.3 is 0 Å². The number of likely N-dealkylation sites (tertiary alicyclic amines) is 1. The third-order valence-corrected chi connectivity index (χ3v) is 4.86. The predicted molar refractivity (Wildman–Crippen MR) is 99.9 cm³/mol. The zero-order chi connectivity index (χ0) is 16.6. The first kappa shape index (κ1) is 17.0. The summed E-state index contributed by atoms with van der Waals surface area (Å²) < 4.78 is 0. The SMILES string of the molecule is OC(CN(c1ccccc1)c1ccccc1)C[NH+]1CCCCCC1. The zero-order valence-electron chi connectivity index (χ0n) is 14.4. The molecule has 3 nitrogen and oxygen atoms in total. The zero-order valence-corrected chi connectivity index (χ0v) is 14.4. The Labute approximate surface area is 145 Å². The summed E-state index contributed by atoms with van der Waals surface area (Å²) in [4.78, 5) is 3.78. The topological polar surface area (TPSA) is 27.9 Å². The lowest BCUT2D eigenvalue weighted by Gasteiger charge is -2.29. The summed E-state index contributed by atoms with van der Waals surface area (Å²) in [5, 5.41) is 10.7. The van der Waals surface area contributed by atoms with Crippen molar-refractivity contribution in [2.45, 2.75) is 31.8 Å². The lowest BCUT2D eigenvalue weighted by atomic mass is 10.2. The summed E-state index contributed by atoms with van der Waals surface area (Å²) in [6.45, 7) is 3.88. The number of benzene rings is 2. The van der Waals surface area contributed by atoms with E-state index in [4.69, 9.17) is 0 Å². The summed E-state index contributed by atoms with van der Waals surface area (Å²) in [5.41, 5.74) is 2.27. The van der Waals surface area contributed by atoms with Crippen molar-refractivity contribution in [3.8, 4) is 0 Å². The highest BCUT2D eigenvalue weighted by Gasteiger charge is 2.20. The molecule has 1 fully saturated rings. The van der Waals surface area contributed by atoms with Gasteiger partial charge in [0.25, 0.3) is 0 Å². The second kappa shape index (κ2) is 8.86. The fourth-order valence-electron chi connectivity index (χ4n) is 3.62. The van der Waals surface area contributed by atoms with Crippen molar-refractivity contribution in [2.24, 2.45) is 0 Å². The molecule has 1 saturated heterocycles. The van der Waals surface area contributed by atoms with Gasteiger partial charge in [0.05, 0.1) is 19.6 Å². The van der Waals surface area contributed by atoms with E-state index in [1.807, 2.05) is 12.1 Å². The minimum atomic E-state index is -0.321. The van der Waals surface area contributed by atoms with Crippen LogP contribution in [0.3, 0.4) is 0 Å². The Kier molecular flexibility index (Phi) is 6.27. The molecule has 0 amide bonds. The average Bonchev–Trinajstić information content (AvgIpc) is 2.90. The molecule has 1 unspecified atom stereocenters. The molecule has 0 saturated carbocycles. The minimum Gasteiger partial charge on any atom is -0.385 e. The van der Waals surface area contributed by atoms with Crippen LogP contribution in [0.4, 0.5) is 11.4 Å². The highest BCUT2D eigenvalue weighted by Crippen LogP contribution is 2.24. The van der Waals surface area contributed by atoms with Crippen LogP contribution in [0.5, 0.6) is 0 Å². The lowest BCUT2D eigenvalue weighted by Crippen LogP contribution is -3.13. The van der Waals surface area contributed by atoms with Gasteiger partial charge in [-0.15, -0.1) is 0 Å². The Morgan fingerprint density at radius 3 is 1.79 bits per heavy atom. The third kappa shape index (κ3) is 4.83. The molecular formula is C21H29N2O+. The molecule has 3 rings (SSSR count). The first-order valence-corrected chi connectivity index (χ1v) is 9.22. The monoisotopic (exact) mass is 325 g/mol. The van der Waals surface area contributed by atoms with Crippen molar-refractivity contribution in [3.63, 3.8) is 0 Å². The maximum Gasteiger partial charge on any atom is 0.121 e. The highest BCUT2D eigenvalue weighted by atomic mass is 16.3. The summed E-state index contributed by atoms with van der Waals surface area (Å²) in [7, 11) is 0. The van der Waals surface area contributed by atoms with Gasteiger partial charge < -0.3 is 14.9 Å². The first-order chi connectivity index (χ1) is 11.8. The maximum absolute atomic E-state index is 10.7. The van der Waals surface area contributed by atoms with Crippen LogP contribution >= 0.6 is 0 Å². The van der Waals surface area contributed by atoms with Crippen LogP contribution in [-0.4, -0.2) is 37.4 Å². The summed E-state index contributed by atoms with van der Waals surface area (Å²) in [5.74, 6) is 0. The van der Waals surface area contributed by atoms with Gasteiger partial charge in [0.1, 0.15) is 12.6 Å². The van der Waals surface area contributed by atoms with Gasteiger partial charge in [0.15, 0.2) is 0 Å². The van der Waals surface area contributed by atoms with Gasteiger partial charge in [-0.25, -0.2) is 0 Å². The van der Waals surface area contributed by atoms with E-state index in [0.717, 1.165) is 17.9 Å². The summed E-state index contributed by atoms with van der Waals surface area (Å²) in [6, 6.07) is 20.7. The Morgan fingerprint density at radius 1 is 0.792 bits per heavy atom. The number of nitrogens with one attached hydrogen (secondary N) is 1. The van der Waals surface area contributed by atoms with Crippen LogP contribution in [0.25, 0.3) is 0 Å². The van der Waals surface area contributed by atoms with E-state index in [0.29, 0.717) is 6.54 Å². The molecule has 1 heterocycles. The molecule has 24 heavy (non-hydrogen) atoms. The smallest absolute Gasteiger partial charge is 0.121 e. The number of aliphatic hydroxyl groups is 1. The molecule has 2 aromatic carbocycles. The summed E-state index contributed by atoms with van der Waals surface area (Å²) >= 11 is 0. The van der Waals surface area contributed by atoms with E-state index in [1.165, 1.54) is 38.8 Å². The molecule has 0 spiro atoms. The largest absolute Gasteiger partial charge is 0.385 e. The Hall–Kier alpha value is -1.84. The van der Waals surface area contributed by atoms with Crippen LogP contribution in [0.1, 0.15) is 25.7 Å². The van der Waals surface area contributed by atoms with Crippen LogP contribution < -0.4 is 9.80 Å². The second-order valence-electron chi connectivity index (χ2n) is 6.80. The molecule has 0 bridgehead atoms. The number of aliphatic hydroxyl groups excluding tert-OH is 1. The standard InChI is InChI=1S/C21H28N2O/c24-21(17-22-15-9-1-2-10-16-22)18-23(19-11-5-3-6-12-19)20-13-7-4-8-14-20/h3-8,11-14,21,24H,1-2,9-10,15-18H2/p+1. The van der Waals surface area contributed by atoms with Crippen molar-refractivity contribution in [3.05, 3.63) is 60.7 Å². The highest BCUT2D eigenvalue weighted by molar-refractivity contribution is 5.62. The quantitative estimate of drug-likeness (QED) is 0.854. The van der Waals surface area contributed by atoms with Crippen molar-refractivity contribution < 1.29 is 10.0 Å². The third-order valence-electron chi connectivity index (χ3n) is 4.86. The number of hydrogen-bond donors (Lipinski definition) is 2. The van der Waals surface area contributed by atoms with Crippen LogP contribution in [0, 0.1) is 0 Å². The van der Waals surface area contributed by atoms with Crippen molar-refractivity contribution in [1.29, 1.82) is 0 Å². The van der Waals surface area contributed by atoms with Crippen LogP contribution in [0.2, 0.25) is 0 Å². The van der Waals surface area contributed by atoms with E-state index >= 15 is 0 Å². The van der Waals surface area contributed by atoms with Crippen molar-refractivity contribution in [1.82, 2.24) is 0 Å². The maximum atomic E-state index is 10.7. The molecule has 1 atom stereocenters. The van der Waals surface area contributed by atoms with Crippen molar-refractivity contribution in [2.75, 3.05) is 31.1 Å². The first-order valence-electron chi connectivity index (χ1n) is 9.22. The molecule has 128 valence electrons. The second-order valence-corrected chi connectivity index (χ2v) is 6.80. The molecule has 2 aromatic rings. The number of para-hydroxylation sites is 2. The molecule has 1 aliphatic rings. The van der Waals surface area contributed by atoms with E-state index in [9.17, 15) is 5.11 Å². The Morgan fingerprint density at radius 2 is 1.29 bits per heavy atom. The molecule has 2 N–H and O–H groups in total. The number of quaternary nitrogens is 1. The molecule has 0 radical (unpaired) electrons. The van der Waals surface area contributed by atoms with Gasteiger partial charge in [0, 0.05) is 11.4 Å². The number of hydrogen-bond acceptors (Lipinski definition) is 2. The molecule has 1 aliphatic heterocycles. The molecule has 0 aromatic heterocycles. The summed E-state index contributed by atoms with van der Waals surface area (Å²) in [6.07, 6.45) is 4.96. The number of anilines is 2. The van der Waals surface area contributed by atoms with Gasteiger partial charge in [0.2, 0.25) is 0 Å². The number of nitrogens with zero attached hydrogens (tertiary/aromatic N) is 1. The van der Waals surface area contributed by atoms with E-state index in [-0.39, 0.29) is 6.10 Å². The van der Waals surface area contributed by atoms with Crippen LogP contribution in [0.15, 0.2) is 60.7 Å². The molecule has 3 heteroatoms. The fourth-order valence-corrected chi connectivity index (χ4v) is 3.62. The van der Waals surface area contributed by atoms with Crippen molar-refractivity contribution >= 4 is 11.4 Å². The van der Waals surface area contributed by atoms with Gasteiger partial charge in [-0.1, -0.05) is 36.4 Å². The lowest BCUT2D eigenvalue weighted by molar-refractivity contribution is -0.902. The fraction of sp³-hybridized carbons (Fsp3) is 0.429. The van der Waals surface area contributed by atoms with E-state index < -0.39 is 0 Å². The minimum absolute atomic E-state index is 0.321. The molecule has 0 aliphatic carbocycles. The number of rotatable bonds is 6. The molecular weight excluding hydrogens is 296 g/mol. The normalized spacial score (nSPS) is 17.2. The van der Waals surface area contributed by atoms with Gasteiger partial charge in [-0.3, -0.25) is 0 Å². The van der Waals surface area contributed by atoms with Crippen LogP contribution in [-0.2, 0) is 0 Å². The average molecular weight is 325 g/mol.